The third-order valence-corrected chi connectivity index (χ3v) is 3.19. The van der Waals surface area contributed by atoms with Crippen LogP contribution in [0, 0.1) is 0 Å². The Morgan fingerprint density at radius 2 is 1.84 bits per heavy atom. The van der Waals surface area contributed by atoms with E-state index in [2.05, 4.69) is 4.98 Å². The van der Waals surface area contributed by atoms with Crippen LogP contribution in [0.1, 0.15) is 41.5 Å². The van der Waals surface area contributed by atoms with E-state index in [1.54, 1.807) is 13.8 Å². The molecular formula is C14H24BNO3. The summed E-state index contributed by atoms with van der Waals surface area (Å²) >= 11 is 0. The van der Waals surface area contributed by atoms with Crippen LogP contribution in [0.4, 0.5) is 0 Å². The van der Waals surface area contributed by atoms with Crippen LogP contribution in [-0.2, 0) is 4.65 Å². The third-order valence-electron chi connectivity index (χ3n) is 3.19. The minimum Gasteiger partial charge on any atom is -0.475 e. The first-order valence-electron chi connectivity index (χ1n) is 6.61. The minimum absolute atomic E-state index is 0.0940. The van der Waals surface area contributed by atoms with Crippen LogP contribution in [0.2, 0.25) is 0 Å². The largest absolute Gasteiger partial charge is 0.475 e. The van der Waals surface area contributed by atoms with Crippen molar-refractivity contribution in [2.24, 2.45) is 0 Å². The molecule has 19 heavy (non-hydrogen) atoms. The van der Waals surface area contributed by atoms with Crippen LogP contribution < -0.4 is 10.3 Å². The second kappa shape index (κ2) is 5.93. The summed E-state index contributed by atoms with van der Waals surface area (Å²) in [5.74, 6) is 0.595. The SMILES string of the molecule is CC(C)Oc1cccc(BOC(C)(C)C(C)(C)O)n1. The van der Waals surface area contributed by atoms with Crippen molar-refractivity contribution in [1.82, 2.24) is 4.98 Å². The van der Waals surface area contributed by atoms with Gasteiger partial charge >= 0.3 is 7.48 Å². The Bertz CT molecular complexity index is 413. The number of ether oxygens (including phenoxy) is 1. The molecule has 4 nitrogen and oxygen atoms in total. The summed E-state index contributed by atoms with van der Waals surface area (Å²) < 4.78 is 11.3. The molecule has 5 heteroatoms. The topological polar surface area (TPSA) is 51.6 Å². The van der Waals surface area contributed by atoms with Gasteiger partial charge in [0.1, 0.15) is 0 Å². The Hall–Kier alpha value is -1.07. The highest BCUT2D eigenvalue weighted by Crippen LogP contribution is 2.24. The summed E-state index contributed by atoms with van der Waals surface area (Å²) in [6, 6.07) is 5.60. The van der Waals surface area contributed by atoms with Crippen LogP contribution >= 0.6 is 0 Å². The van der Waals surface area contributed by atoms with Gasteiger partial charge in [-0.1, -0.05) is 6.07 Å². The number of hydrogen-bond acceptors (Lipinski definition) is 4. The predicted molar refractivity (Wildman–Crippen MR) is 78.2 cm³/mol. The summed E-state index contributed by atoms with van der Waals surface area (Å²) in [7, 11) is 0.340. The van der Waals surface area contributed by atoms with Crippen molar-refractivity contribution in [1.29, 1.82) is 0 Å². The average molecular weight is 265 g/mol. The zero-order chi connectivity index (χ0) is 14.7. The zero-order valence-corrected chi connectivity index (χ0v) is 12.7. The molecule has 0 aliphatic heterocycles. The monoisotopic (exact) mass is 265 g/mol. The van der Waals surface area contributed by atoms with Crippen LogP contribution in [0.25, 0.3) is 0 Å². The van der Waals surface area contributed by atoms with Gasteiger partial charge in [-0.2, -0.15) is 0 Å². The van der Waals surface area contributed by atoms with E-state index in [0.29, 0.717) is 13.4 Å². The van der Waals surface area contributed by atoms with Crippen molar-refractivity contribution in [3.63, 3.8) is 0 Å². The molecule has 0 fully saturated rings. The number of aromatic nitrogens is 1. The molecule has 1 N–H and O–H groups in total. The molecule has 0 unspecified atom stereocenters. The molecular weight excluding hydrogens is 241 g/mol. The molecule has 1 aromatic heterocycles. The molecule has 0 radical (unpaired) electrons. The second-order valence-electron chi connectivity index (χ2n) is 5.99. The fourth-order valence-corrected chi connectivity index (χ4v) is 1.28. The molecule has 1 heterocycles. The van der Waals surface area contributed by atoms with Crippen molar-refractivity contribution in [3.8, 4) is 5.88 Å². The van der Waals surface area contributed by atoms with E-state index in [0.717, 1.165) is 5.59 Å². The average Bonchev–Trinajstić information content (AvgIpc) is 2.24. The molecule has 0 saturated heterocycles. The highest BCUT2D eigenvalue weighted by molar-refractivity contribution is 6.45. The summed E-state index contributed by atoms with van der Waals surface area (Å²) in [4.78, 5) is 4.37. The molecule has 106 valence electrons. The summed E-state index contributed by atoms with van der Waals surface area (Å²) in [6.45, 7) is 11.1. The normalized spacial score (nSPS) is 12.6. The van der Waals surface area contributed by atoms with E-state index in [4.69, 9.17) is 9.39 Å². The molecule has 0 saturated carbocycles. The highest BCUT2D eigenvalue weighted by Gasteiger charge is 2.35. The van der Waals surface area contributed by atoms with Gasteiger partial charge in [-0.15, -0.1) is 0 Å². The maximum absolute atomic E-state index is 10.0. The molecule has 0 amide bonds. The maximum Gasteiger partial charge on any atom is 0.329 e. The quantitative estimate of drug-likeness (QED) is 0.790. The summed E-state index contributed by atoms with van der Waals surface area (Å²) in [6.07, 6.45) is 0.0940. The van der Waals surface area contributed by atoms with Gasteiger partial charge in [0, 0.05) is 11.7 Å². The van der Waals surface area contributed by atoms with E-state index in [1.807, 2.05) is 45.9 Å². The standard InChI is InChI=1S/C14H24BNO3/c1-10(2)18-12-9-7-8-11(16-12)15-19-14(5,6)13(3,4)17/h7-10,15,17H,1-6H3. The second-order valence-corrected chi connectivity index (χ2v) is 5.99. The Morgan fingerprint density at radius 1 is 1.21 bits per heavy atom. The molecule has 0 bridgehead atoms. The van der Waals surface area contributed by atoms with Gasteiger partial charge in [0.25, 0.3) is 0 Å². The van der Waals surface area contributed by atoms with Crippen LogP contribution in [0.3, 0.4) is 0 Å². The Balaban J connectivity index is 2.68. The van der Waals surface area contributed by atoms with Gasteiger partial charge in [-0.05, 0) is 47.6 Å². The number of aliphatic hydroxyl groups is 1. The van der Waals surface area contributed by atoms with Crippen LogP contribution in [0.5, 0.6) is 5.88 Å². The van der Waals surface area contributed by atoms with Crippen molar-refractivity contribution < 1.29 is 14.5 Å². The predicted octanol–water partition coefficient (Wildman–Crippen LogP) is 1.41. The van der Waals surface area contributed by atoms with E-state index >= 15 is 0 Å². The van der Waals surface area contributed by atoms with Gasteiger partial charge < -0.3 is 14.5 Å². The lowest BCUT2D eigenvalue weighted by Crippen LogP contribution is -2.49. The molecule has 0 spiro atoms. The maximum atomic E-state index is 10.0. The molecule has 0 aliphatic rings. The van der Waals surface area contributed by atoms with Gasteiger partial charge in [-0.3, -0.25) is 0 Å². The molecule has 0 atom stereocenters. The van der Waals surface area contributed by atoms with Crippen molar-refractivity contribution in [3.05, 3.63) is 18.2 Å². The molecule has 1 rings (SSSR count). The van der Waals surface area contributed by atoms with Gasteiger partial charge in [0.15, 0.2) is 0 Å². The first-order valence-corrected chi connectivity index (χ1v) is 6.61. The Morgan fingerprint density at radius 3 is 2.37 bits per heavy atom. The van der Waals surface area contributed by atoms with Crippen LogP contribution in [-0.4, -0.2) is 34.9 Å². The van der Waals surface area contributed by atoms with Crippen molar-refractivity contribution in [2.75, 3.05) is 0 Å². The van der Waals surface area contributed by atoms with E-state index < -0.39 is 11.2 Å². The van der Waals surface area contributed by atoms with Gasteiger partial charge in [0.05, 0.1) is 17.3 Å². The summed E-state index contributed by atoms with van der Waals surface area (Å²) in [5, 5.41) is 10.0. The number of rotatable bonds is 6. The summed E-state index contributed by atoms with van der Waals surface area (Å²) in [5.41, 5.74) is -0.779. The number of nitrogens with zero attached hydrogens (tertiary/aromatic N) is 1. The van der Waals surface area contributed by atoms with E-state index in [-0.39, 0.29) is 6.10 Å². The Kier molecular flexibility index (Phi) is 4.99. The van der Waals surface area contributed by atoms with E-state index in [1.165, 1.54) is 0 Å². The molecule has 1 aromatic rings. The number of hydrogen-bond donors (Lipinski definition) is 1. The first kappa shape index (κ1) is 16.0. The fraction of sp³-hybridized carbons (Fsp3) is 0.643. The van der Waals surface area contributed by atoms with Crippen molar-refractivity contribution >= 4 is 13.1 Å². The zero-order valence-electron chi connectivity index (χ0n) is 12.7. The first-order chi connectivity index (χ1) is 8.62. The van der Waals surface area contributed by atoms with E-state index in [9.17, 15) is 5.11 Å². The lowest BCUT2D eigenvalue weighted by Gasteiger charge is -2.37. The fourth-order valence-electron chi connectivity index (χ4n) is 1.28. The lowest BCUT2D eigenvalue weighted by molar-refractivity contribution is -0.0893. The van der Waals surface area contributed by atoms with Crippen molar-refractivity contribution in [2.45, 2.75) is 58.8 Å². The van der Waals surface area contributed by atoms with Crippen LogP contribution in [0.15, 0.2) is 18.2 Å². The minimum atomic E-state index is -0.918. The Labute approximate surface area is 116 Å². The third kappa shape index (κ3) is 4.84. The molecule has 0 aliphatic carbocycles. The lowest BCUT2D eigenvalue weighted by atomic mass is 9.85. The van der Waals surface area contributed by atoms with Gasteiger partial charge in [-0.25, -0.2) is 4.98 Å². The number of pyridine rings is 1. The van der Waals surface area contributed by atoms with Gasteiger partial charge in [0.2, 0.25) is 5.88 Å². The smallest absolute Gasteiger partial charge is 0.329 e. The highest BCUT2D eigenvalue weighted by atomic mass is 16.5. The molecule has 0 aromatic carbocycles.